The average molecular weight is 251 g/mol. The molecule has 3 nitrogen and oxygen atoms in total. The van der Waals surface area contributed by atoms with E-state index in [9.17, 15) is 0 Å². The van der Waals surface area contributed by atoms with Crippen LogP contribution in [0.3, 0.4) is 0 Å². The highest BCUT2D eigenvalue weighted by Gasteiger charge is 2.17. The molecule has 1 rings (SSSR count). The summed E-state index contributed by atoms with van der Waals surface area (Å²) < 4.78 is 1.98. The van der Waals surface area contributed by atoms with E-state index in [0.717, 1.165) is 5.82 Å². The number of hydrogen-bond acceptors (Lipinski definition) is 2. The average Bonchev–Trinajstić information content (AvgIpc) is 2.68. The molecule has 0 bridgehead atoms. The van der Waals surface area contributed by atoms with E-state index in [0.29, 0.717) is 5.92 Å². The predicted octanol–water partition coefficient (Wildman–Crippen LogP) is 4.37. The second-order valence-corrected chi connectivity index (χ2v) is 5.33. The largest absolute Gasteiger partial charge is 0.253 e. The number of unbranched alkanes of at least 4 members (excludes halogenated alkanes) is 4. The van der Waals surface area contributed by atoms with Gasteiger partial charge < -0.3 is 0 Å². The Kier molecular flexibility index (Phi) is 6.99. The van der Waals surface area contributed by atoms with E-state index in [1.807, 2.05) is 18.7 Å². The number of aryl methyl sites for hydroxylation is 2. The zero-order valence-electron chi connectivity index (χ0n) is 12.6. The maximum Gasteiger partial charge on any atom is 0.147 e. The first-order valence-electron chi connectivity index (χ1n) is 7.56. The Labute approximate surface area is 112 Å². The lowest BCUT2D eigenvalue weighted by molar-refractivity contribution is 0.473. The van der Waals surface area contributed by atoms with Gasteiger partial charge in [-0.1, -0.05) is 52.4 Å². The van der Waals surface area contributed by atoms with Gasteiger partial charge in [0.1, 0.15) is 11.6 Å². The van der Waals surface area contributed by atoms with E-state index in [2.05, 4.69) is 23.9 Å². The van der Waals surface area contributed by atoms with Crippen molar-refractivity contribution < 1.29 is 0 Å². The molecule has 1 unspecified atom stereocenters. The van der Waals surface area contributed by atoms with Crippen molar-refractivity contribution in [2.45, 2.75) is 78.1 Å². The quantitative estimate of drug-likeness (QED) is 0.610. The van der Waals surface area contributed by atoms with Crippen LogP contribution in [-0.4, -0.2) is 14.8 Å². The van der Waals surface area contributed by atoms with E-state index in [1.165, 1.54) is 57.2 Å². The van der Waals surface area contributed by atoms with E-state index >= 15 is 0 Å². The van der Waals surface area contributed by atoms with Crippen molar-refractivity contribution in [3.05, 3.63) is 11.6 Å². The molecule has 0 aliphatic rings. The van der Waals surface area contributed by atoms with Gasteiger partial charge in [-0.3, -0.25) is 4.68 Å². The molecule has 1 heterocycles. The fraction of sp³-hybridized carbons (Fsp3) is 0.867. The summed E-state index contributed by atoms with van der Waals surface area (Å²) in [6.45, 7) is 6.51. The van der Waals surface area contributed by atoms with Crippen LogP contribution in [0.1, 0.15) is 82.8 Å². The molecule has 0 saturated heterocycles. The summed E-state index contributed by atoms with van der Waals surface area (Å²) in [5.41, 5.74) is 0. The third-order valence-corrected chi connectivity index (χ3v) is 3.58. The van der Waals surface area contributed by atoms with Gasteiger partial charge in [0.2, 0.25) is 0 Å². The first-order chi connectivity index (χ1) is 8.69. The first kappa shape index (κ1) is 15.2. The molecule has 0 saturated carbocycles. The van der Waals surface area contributed by atoms with Gasteiger partial charge in [0.05, 0.1) is 0 Å². The topological polar surface area (TPSA) is 30.7 Å². The van der Waals surface area contributed by atoms with Crippen LogP contribution in [0.2, 0.25) is 0 Å². The summed E-state index contributed by atoms with van der Waals surface area (Å²) >= 11 is 0. The van der Waals surface area contributed by atoms with Gasteiger partial charge in [-0.15, -0.1) is 0 Å². The summed E-state index contributed by atoms with van der Waals surface area (Å²) in [5.74, 6) is 2.70. The van der Waals surface area contributed by atoms with Gasteiger partial charge in [-0.05, 0) is 19.8 Å². The fourth-order valence-corrected chi connectivity index (χ4v) is 2.55. The van der Waals surface area contributed by atoms with Gasteiger partial charge in [-0.2, -0.15) is 5.10 Å². The fourth-order valence-electron chi connectivity index (χ4n) is 2.55. The third-order valence-electron chi connectivity index (χ3n) is 3.58. The highest BCUT2D eigenvalue weighted by Crippen LogP contribution is 2.26. The van der Waals surface area contributed by atoms with Gasteiger partial charge in [0.25, 0.3) is 0 Å². The molecular formula is C15H29N3. The van der Waals surface area contributed by atoms with Gasteiger partial charge in [-0.25, -0.2) is 4.98 Å². The molecule has 0 N–H and O–H groups in total. The predicted molar refractivity (Wildman–Crippen MR) is 76.8 cm³/mol. The molecule has 1 atom stereocenters. The Bertz CT molecular complexity index is 330. The van der Waals surface area contributed by atoms with Crippen molar-refractivity contribution in [3.8, 4) is 0 Å². The summed E-state index contributed by atoms with van der Waals surface area (Å²) in [4.78, 5) is 4.61. The summed E-state index contributed by atoms with van der Waals surface area (Å²) in [5, 5.41) is 4.39. The Morgan fingerprint density at radius 2 is 1.67 bits per heavy atom. The van der Waals surface area contributed by atoms with Crippen molar-refractivity contribution in [1.29, 1.82) is 0 Å². The van der Waals surface area contributed by atoms with Crippen molar-refractivity contribution in [2.24, 2.45) is 7.05 Å². The molecule has 1 aromatic rings. The van der Waals surface area contributed by atoms with Crippen LogP contribution < -0.4 is 0 Å². The molecule has 104 valence electrons. The zero-order chi connectivity index (χ0) is 13.4. The van der Waals surface area contributed by atoms with Gasteiger partial charge in [0, 0.05) is 13.0 Å². The Hall–Kier alpha value is -0.860. The van der Waals surface area contributed by atoms with Crippen molar-refractivity contribution >= 4 is 0 Å². The number of hydrogen-bond donors (Lipinski definition) is 0. The van der Waals surface area contributed by atoms with Crippen molar-refractivity contribution in [1.82, 2.24) is 14.8 Å². The second kappa shape index (κ2) is 8.28. The zero-order valence-corrected chi connectivity index (χ0v) is 12.6. The third kappa shape index (κ3) is 4.79. The first-order valence-corrected chi connectivity index (χ1v) is 7.56. The molecule has 0 fully saturated rings. The number of aromatic nitrogens is 3. The highest BCUT2D eigenvalue weighted by atomic mass is 15.3. The minimum Gasteiger partial charge on any atom is -0.253 e. The lowest BCUT2D eigenvalue weighted by Crippen LogP contribution is -2.08. The van der Waals surface area contributed by atoms with E-state index in [1.54, 1.807) is 0 Å². The molecule has 0 aliphatic heterocycles. The minimum atomic E-state index is 0.605. The lowest BCUT2D eigenvalue weighted by Gasteiger charge is -2.15. The number of nitrogens with zero attached hydrogens (tertiary/aromatic N) is 3. The number of rotatable bonds is 9. The summed E-state index contributed by atoms with van der Waals surface area (Å²) in [6, 6.07) is 0. The van der Waals surface area contributed by atoms with Crippen LogP contribution in [0, 0.1) is 6.92 Å². The van der Waals surface area contributed by atoms with Crippen LogP contribution in [0.5, 0.6) is 0 Å². The molecule has 3 heteroatoms. The molecule has 0 spiro atoms. The van der Waals surface area contributed by atoms with Crippen molar-refractivity contribution in [2.75, 3.05) is 0 Å². The maximum atomic E-state index is 4.61. The molecule has 0 aromatic carbocycles. The van der Waals surface area contributed by atoms with Crippen LogP contribution >= 0.6 is 0 Å². The lowest BCUT2D eigenvalue weighted by atomic mass is 9.94. The van der Waals surface area contributed by atoms with Crippen LogP contribution in [0.25, 0.3) is 0 Å². The standard InChI is InChI=1S/C15H29N3/c1-5-7-9-10-12-14(11-8-6-2)15-16-13(3)17-18(15)4/h14H,5-12H2,1-4H3. The van der Waals surface area contributed by atoms with Crippen molar-refractivity contribution in [3.63, 3.8) is 0 Å². The van der Waals surface area contributed by atoms with Gasteiger partial charge >= 0.3 is 0 Å². The Balaban J connectivity index is 2.56. The maximum absolute atomic E-state index is 4.61. The molecular weight excluding hydrogens is 222 g/mol. The normalized spacial score (nSPS) is 12.9. The molecule has 18 heavy (non-hydrogen) atoms. The van der Waals surface area contributed by atoms with Gasteiger partial charge in [0.15, 0.2) is 0 Å². The minimum absolute atomic E-state index is 0.605. The van der Waals surface area contributed by atoms with E-state index in [-0.39, 0.29) is 0 Å². The van der Waals surface area contributed by atoms with E-state index < -0.39 is 0 Å². The van der Waals surface area contributed by atoms with Crippen LogP contribution in [0.15, 0.2) is 0 Å². The SMILES string of the molecule is CCCCCCC(CCCC)c1nc(C)nn1C. The monoisotopic (exact) mass is 251 g/mol. The molecule has 0 radical (unpaired) electrons. The second-order valence-electron chi connectivity index (χ2n) is 5.33. The van der Waals surface area contributed by atoms with Crippen LogP contribution in [0.4, 0.5) is 0 Å². The molecule has 1 aromatic heterocycles. The summed E-state index contributed by atoms with van der Waals surface area (Å²) in [6.07, 6.45) is 10.4. The Morgan fingerprint density at radius 3 is 2.22 bits per heavy atom. The van der Waals surface area contributed by atoms with Crippen LogP contribution in [-0.2, 0) is 7.05 Å². The highest BCUT2D eigenvalue weighted by molar-refractivity contribution is 4.99. The smallest absolute Gasteiger partial charge is 0.147 e. The Morgan fingerprint density at radius 1 is 1.00 bits per heavy atom. The molecule has 0 aliphatic carbocycles. The summed E-state index contributed by atoms with van der Waals surface area (Å²) in [7, 11) is 2.03. The molecule has 0 amide bonds. The van der Waals surface area contributed by atoms with E-state index in [4.69, 9.17) is 0 Å².